The second-order valence-electron chi connectivity index (χ2n) is 7.92. The molecule has 0 spiro atoms. The zero-order valence-electron chi connectivity index (χ0n) is 18.4. The number of guanidine groups is 1. The number of piperidine rings is 1. The van der Waals surface area contributed by atoms with Gasteiger partial charge in [-0.1, -0.05) is 0 Å². The quantitative estimate of drug-likeness (QED) is 0.333. The van der Waals surface area contributed by atoms with Gasteiger partial charge in [-0.3, -0.25) is 4.99 Å². The number of nitrogens with one attached hydrogen (secondary N) is 2. The molecule has 1 amide bonds. The fourth-order valence-electron chi connectivity index (χ4n) is 2.88. The summed E-state index contributed by atoms with van der Waals surface area (Å²) in [6, 6.07) is 0. The van der Waals surface area contributed by atoms with Gasteiger partial charge >= 0.3 is 6.09 Å². The third-order valence-electron chi connectivity index (χ3n) is 4.19. The second-order valence-corrected chi connectivity index (χ2v) is 7.92. The van der Waals surface area contributed by atoms with Gasteiger partial charge < -0.3 is 29.7 Å². The lowest BCUT2D eigenvalue weighted by molar-refractivity contribution is 0.00990. The molecule has 1 rings (SSSR count). The van der Waals surface area contributed by atoms with Crippen molar-refractivity contribution in [1.29, 1.82) is 0 Å². The molecule has 0 saturated carbocycles. The van der Waals surface area contributed by atoms with Crippen LogP contribution >= 0.6 is 0 Å². The van der Waals surface area contributed by atoms with Crippen molar-refractivity contribution in [3.05, 3.63) is 0 Å². The molecular formula is C20H40N4O4. The van der Waals surface area contributed by atoms with Crippen molar-refractivity contribution in [1.82, 2.24) is 15.5 Å². The molecule has 0 atom stereocenters. The van der Waals surface area contributed by atoms with Gasteiger partial charge in [0.25, 0.3) is 0 Å². The number of aliphatic imine (C=N–C) groups is 1. The first kappa shape index (κ1) is 24.5. The molecule has 1 aliphatic heterocycles. The van der Waals surface area contributed by atoms with E-state index in [1.54, 1.807) is 7.11 Å². The maximum Gasteiger partial charge on any atom is 0.407 e. The Labute approximate surface area is 170 Å². The van der Waals surface area contributed by atoms with Gasteiger partial charge in [0.2, 0.25) is 0 Å². The number of ether oxygens (including phenoxy) is 3. The summed E-state index contributed by atoms with van der Waals surface area (Å²) in [5.41, 5.74) is -0.472. The highest BCUT2D eigenvalue weighted by molar-refractivity contribution is 5.80. The first-order valence-corrected chi connectivity index (χ1v) is 10.5. The summed E-state index contributed by atoms with van der Waals surface area (Å²) in [5, 5.41) is 6.13. The van der Waals surface area contributed by atoms with Crippen LogP contribution in [0.1, 0.15) is 53.4 Å². The van der Waals surface area contributed by atoms with Crippen LogP contribution in [0.2, 0.25) is 0 Å². The van der Waals surface area contributed by atoms with Crippen LogP contribution in [0.3, 0.4) is 0 Å². The highest BCUT2D eigenvalue weighted by Gasteiger charge is 2.21. The fraction of sp³-hybridized carbons (Fsp3) is 0.900. The number of amides is 1. The van der Waals surface area contributed by atoms with E-state index in [1.165, 1.54) is 0 Å². The zero-order chi connectivity index (χ0) is 20.8. The Balaban J connectivity index is 2.29. The maximum absolute atomic E-state index is 11.6. The Morgan fingerprint density at radius 1 is 1.14 bits per heavy atom. The standard InChI is InChI=1S/C20H40N4O4/c1-6-21-18(22-11-7-12-23-19(25)28-20(2,3)4)24-13-9-17(10-14-24)27-16-8-15-26-5/h17H,6-16H2,1-5H3,(H,21,22)(H,23,25). The molecule has 0 bridgehead atoms. The molecule has 2 N–H and O–H groups in total. The highest BCUT2D eigenvalue weighted by Crippen LogP contribution is 2.14. The predicted octanol–water partition coefficient (Wildman–Crippen LogP) is 2.38. The van der Waals surface area contributed by atoms with E-state index >= 15 is 0 Å². The molecule has 164 valence electrons. The Bertz CT molecular complexity index is 458. The van der Waals surface area contributed by atoms with Crippen molar-refractivity contribution >= 4 is 12.1 Å². The first-order chi connectivity index (χ1) is 13.4. The number of likely N-dealkylation sites (tertiary alicyclic amines) is 1. The fourth-order valence-corrected chi connectivity index (χ4v) is 2.88. The molecule has 8 nitrogen and oxygen atoms in total. The smallest absolute Gasteiger partial charge is 0.407 e. The second kappa shape index (κ2) is 13.6. The number of methoxy groups -OCH3 is 1. The Kier molecular flexibility index (Phi) is 11.9. The van der Waals surface area contributed by atoms with Gasteiger partial charge in [-0.15, -0.1) is 0 Å². The minimum atomic E-state index is -0.472. The minimum Gasteiger partial charge on any atom is -0.444 e. The third-order valence-corrected chi connectivity index (χ3v) is 4.19. The van der Waals surface area contributed by atoms with Crippen molar-refractivity contribution in [3.8, 4) is 0 Å². The van der Waals surface area contributed by atoms with E-state index in [0.717, 1.165) is 64.5 Å². The summed E-state index contributed by atoms with van der Waals surface area (Å²) in [5.74, 6) is 0.942. The van der Waals surface area contributed by atoms with Gasteiger partial charge in [0, 0.05) is 53.0 Å². The Hall–Kier alpha value is -1.54. The summed E-state index contributed by atoms with van der Waals surface area (Å²) in [4.78, 5) is 18.6. The average molecular weight is 401 g/mol. The van der Waals surface area contributed by atoms with E-state index in [1.807, 2.05) is 20.8 Å². The molecule has 1 aliphatic rings. The van der Waals surface area contributed by atoms with Crippen LogP contribution in [0, 0.1) is 0 Å². The topological polar surface area (TPSA) is 84.4 Å². The average Bonchev–Trinajstić information content (AvgIpc) is 2.63. The van der Waals surface area contributed by atoms with Crippen LogP contribution in [-0.2, 0) is 14.2 Å². The van der Waals surface area contributed by atoms with Gasteiger partial charge in [0.15, 0.2) is 5.96 Å². The maximum atomic E-state index is 11.6. The van der Waals surface area contributed by atoms with Crippen LogP contribution in [0.15, 0.2) is 4.99 Å². The predicted molar refractivity (Wildman–Crippen MR) is 112 cm³/mol. The molecule has 0 aromatic rings. The van der Waals surface area contributed by atoms with Gasteiger partial charge in [-0.2, -0.15) is 0 Å². The number of rotatable bonds is 10. The molecular weight excluding hydrogens is 360 g/mol. The minimum absolute atomic E-state index is 0.328. The van der Waals surface area contributed by atoms with Gasteiger partial charge in [0.05, 0.1) is 6.10 Å². The molecule has 0 unspecified atom stereocenters. The lowest BCUT2D eigenvalue weighted by Crippen LogP contribution is -2.47. The molecule has 1 saturated heterocycles. The summed E-state index contributed by atoms with van der Waals surface area (Å²) in [6.07, 6.45) is 3.69. The van der Waals surface area contributed by atoms with Crippen molar-refractivity contribution < 1.29 is 19.0 Å². The van der Waals surface area contributed by atoms with Gasteiger partial charge in [0.1, 0.15) is 5.60 Å². The Morgan fingerprint density at radius 2 is 1.86 bits per heavy atom. The summed E-state index contributed by atoms with van der Waals surface area (Å²) >= 11 is 0. The monoisotopic (exact) mass is 400 g/mol. The lowest BCUT2D eigenvalue weighted by Gasteiger charge is -2.34. The van der Waals surface area contributed by atoms with Crippen LogP contribution in [0.25, 0.3) is 0 Å². The SMILES string of the molecule is CCNC(=NCCCNC(=O)OC(C)(C)C)N1CCC(OCCCOC)CC1. The molecule has 1 fully saturated rings. The van der Waals surface area contributed by atoms with Crippen molar-refractivity contribution in [2.75, 3.05) is 53.0 Å². The number of carbonyl (C=O) groups is 1. The van der Waals surface area contributed by atoms with Crippen LogP contribution in [0.4, 0.5) is 4.79 Å². The van der Waals surface area contributed by atoms with E-state index < -0.39 is 5.60 Å². The van der Waals surface area contributed by atoms with E-state index in [9.17, 15) is 4.79 Å². The summed E-state index contributed by atoms with van der Waals surface area (Å²) in [7, 11) is 1.72. The third kappa shape index (κ3) is 11.3. The largest absolute Gasteiger partial charge is 0.444 e. The van der Waals surface area contributed by atoms with E-state index in [0.29, 0.717) is 19.2 Å². The normalized spacial score (nSPS) is 16.2. The van der Waals surface area contributed by atoms with Crippen molar-refractivity contribution in [2.45, 2.75) is 65.1 Å². The van der Waals surface area contributed by atoms with E-state index in [2.05, 4.69) is 22.5 Å². The molecule has 28 heavy (non-hydrogen) atoms. The zero-order valence-corrected chi connectivity index (χ0v) is 18.4. The highest BCUT2D eigenvalue weighted by atomic mass is 16.6. The number of carbonyl (C=O) groups excluding carboxylic acids is 1. The molecule has 0 aromatic carbocycles. The molecule has 1 heterocycles. The number of hydrogen-bond donors (Lipinski definition) is 2. The van der Waals surface area contributed by atoms with E-state index in [4.69, 9.17) is 19.2 Å². The number of hydrogen-bond acceptors (Lipinski definition) is 5. The van der Waals surface area contributed by atoms with Crippen molar-refractivity contribution in [3.63, 3.8) is 0 Å². The van der Waals surface area contributed by atoms with Crippen molar-refractivity contribution in [2.24, 2.45) is 4.99 Å². The summed E-state index contributed by atoms with van der Waals surface area (Å²) < 4.78 is 16.2. The van der Waals surface area contributed by atoms with Gasteiger partial charge in [-0.25, -0.2) is 4.79 Å². The van der Waals surface area contributed by atoms with Crippen LogP contribution < -0.4 is 10.6 Å². The molecule has 8 heteroatoms. The van der Waals surface area contributed by atoms with E-state index in [-0.39, 0.29) is 6.09 Å². The number of alkyl carbamates (subject to hydrolysis) is 1. The number of nitrogens with zero attached hydrogens (tertiary/aromatic N) is 2. The molecule has 0 aromatic heterocycles. The van der Waals surface area contributed by atoms with Gasteiger partial charge in [-0.05, 0) is 53.4 Å². The van der Waals surface area contributed by atoms with Crippen LogP contribution in [0.5, 0.6) is 0 Å². The first-order valence-electron chi connectivity index (χ1n) is 10.5. The lowest BCUT2D eigenvalue weighted by atomic mass is 10.1. The van der Waals surface area contributed by atoms with Crippen LogP contribution in [-0.4, -0.2) is 81.7 Å². The molecule has 0 radical (unpaired) electrons. The molecule has 0 aliphatic carbocycles. The Morgan fingerprint density at radius 3 is 2.46 bits per heavy atom. The summed E-state index contributed by atoms with van der Waals surface area (Å²) in [6.45, 7) is 13.1.